The molecule has 0 N–H and O–H groups in total. The molecular weight excluding hydrogens is 430 g/mol. The summed E-state index contributed by atoms with van der Waals surface area (Å²) >= 11 is 0. The van der Waals surface area contributed by atoms with Crippen LogP contribution in [0.4, 0.5) is 8.78 Å². The highest BCUT2D eigenvalue weighted by molar-refractivity contribution is 5.75. The van der Waals surface area contributed by atoms with Crippen molar-refractivity contribution in [2.24, 2.45) is 0 Å². The fourth-order valence-corrected chi connectivity index (χ4v) is 4.79. The lowest BCUT2D eigenvalue weighted by Crippen LogP contribution is -2.11. The lowest BCUT2D eigenvalue weighted by atomic mass is 9.84. The van der Waals surface area contributed by atoms with Crippen LogP contribution in [0.2, 0.25) is 0 Å². The Balaban J connectivity index is 1.55. The van der Waals surface area contributed by atoms with E-state index in [0.717, 1.165) is 43.2 Å². The predicted octanol–water partition coefficient (Wildman–Crippen LogP) is 9.21. The molecule has 0 fully saturated rings. The van der Waals surface area contributed by atoms with Crippen molar-refractivity contribution >= 4 is 0 Å². The molecule has 0 saturated heterocycles. The number of rotatable bonds is 16. The van der Waals surface area contributed by atoms with Gasteiger partial charge in [-0.3, -0.25) is 0 Å². The number of benzene rings is 2. The van der Waals surface area contributed by atoms with Crippen LogP contribution in [0.25, 0.3) is 11.1 Å². The van der Waals surface area contributed by atoms with E-state index in [1.165, 1.54) is 44.9 Å². The third-order valence-corrected chi connectivity index (χ3v) is 6.84. The summed E-state index contributed by atoms with van der Waals surface area (Å²) in [5.41, 5.74) is 2.80. The molecule has 1 aliphatic rings. The van der Waals surface area contributed by atoms with Crippen molar-refractivity contribution in [3.8, 4) is 22.6 Å². The molecule has 0 spiro atoms. The maximum absolute atomic E-state index is 15.2. The van der Waals surface area contributed by atoms with Crippen molar-refractivity contribution in [2.75, 3.05) is 13.2 Å². The highest BCUT2D eigenvalue weighted by Gasteiger charge is 2.25. The summed E-state index contributed by atoms with van der Waals surface area (Å²) < 4.78 is 41.8. The Bertz CT molecular complexity index is 894. The first-order valence-electron chi connectivity index (χ1n) is 13.6. The largest absolute Gasteiger partial charge is 0.491 e. The zero-order chi connectivity index (χ0) is 24.2. The Kier molecular flexibility index (Phi) is 11.2. The normalized spacial score (nSPS) is 12.4. The molecule has 0 unspecified atom stereocenters. The maximum atomic E-state index is 15.2. The predicted molar refractivity (Wildman–Crippen MR) is 137 cm³/mol. The van der Waals surface area contributed by atoms with Gasteiger partial charge in [0, 0.05) is 0 Å². The van der Waals surface area contributed by atoms with Gasteiger partial charge in [0.05, 0.1) is 13.2 Å². The molecule has 0 atom stereocenters. The molecule has 0 aliphatic heterocycles. The molecule has 34 heavy (non-hydrogen) atoms. The second kappa shape index (κ2) is 14.3. The van der Waals surface area contributed by atoms with Crippen LogP contribution in [0.1, 0.15) is 102 Å². The minimum Gasteiger partial charge on any atom is -0.491 e. The van der Waals surface area contributed by atoms with Crippen molar-refractivity contribution in [1.82, 2.24) is 0 Å². The first-order chi connectivity index (χ1) is 16.7. The van der Waals surface area contributed by atoms with E-state index in [1.807, 2.05) is 12.1 Å². The fourth-order valence-electron chi connectivity index (χ4n) is 4.79. The van der Waals surface area contributed by atoms with Gasteiger partial charge in [0.25, 0.3) is 0 Å². The SMILES string of the molecule is CCCCCCCCCCOc1ccc2c(c1F)CCc1c-2ccc(OCCCCCC)c1F. The van der Waals surface area contributed by atoms with Crippen molar-refractivity contribution in [3.63, 3.8) is 0 Å². The summed E-state index contributed by atoms with van der Waals surface area (Å²) in [6.07, 6.45) is 15.1. The molecule has 1 aliphatic carbocycles. The summed E-state index contributed by atoms with van der Waals surface area (Å²) in [7, 11) is 0. The third kappa shape index (κ3) is 7.20. The van der Waals surface area contributed by atoms with Gasteiger partial charge in [-0.15, -0.1) is 0 Å². The lowest BCUT2D eigenvalue weighted by Gasteiger charge is -2.23. The van der Waals surface area contributed by atoms with Gasteiger partial charge in [0.15, 0.2) is 23.1 Å². The van der Waals surface area contributed by atoms with Gasteiger partial charge < -0.3 is 9.47 Å². The standard InChI is InChI=1S/C30H42F2O2/c1-3-5-7-9-10-11-12-14-22-34-28-20-18-24-23-17-19-27(33-21-13-8-6-4-2)29(31)25(23)15-16-26(24)30(28)32/h17-20H,3-16,21-22H2,1-2H3. The van der Waals surface area contributed by atoms with Crippen molar-refractivity contribution in [1.29, 1.82) is 0 Å². The Labute approximate surface area is 205 Å². The summed E-state index contributed by atoms with van der Waals surface area (Å²) in [4.78, 5) is 0. The topological polar surface area (TPSA) is 18.5 Å². The minimum absolute atomic E-state index is 0.292. The third-order valence-electron chi connectivity index (χ3n) is 6.84. The van der Waals surface area contributed by atoms with Gasteiger partial charge in [-0.1, -0.05) is 90.2 Å². The van der Waals surface area contributed by atoms with Gasteiger partial charge in [0.2, 0.25) is 0 Å². The summed E-state index contributed by atoms with van der Waals surface area (Å²) in [5, 5.41) is 0. The zero-order valence-electron chi connectivity index (χ0n) is 21.2. The van der Waals surface area contributed by atoms with Crippen LogP contribution < -0.4 is 9.47 Å². The van der Waals surface area contributed by atoms with E-state index >= 15 is 8.78 Å². The van der Waals surface area contributed by atoms with Crippen LogP contribution in [0.5, 0.6) is 11.5 Å². The molecule has 0 amide bonds. The van der Waals surface area contributed by atoms with Crippen LogP contribution >= 0.6 is 0 Å². The number of hydrogen-bond donors (Lipinski definition) is 0. The Morgan fingerprint density at radius 2 is 0.941 bits per heavy atom. The Hall–Kier alpha value is -2.10. The van der Waals surface area contributed by atoms with E-state index in [2.05, 4.69) is 13.8 Å². The second-order valence-corrected chi connectivity index (χ2v) is 9.54. The van der Waals surface area contributed by atoms with E-state index in [0.29, 0.717) is 48.7 Å². The lowest BCUT2D eigenvalue weighted by molar-refractivity contribution is 0.288. The van der Waals surface area contributed by atoms with Crippen molar-refractivity contribution in [3.05, 3.63) is 47.0 Å². The smallest absolute Gasteiger partial charge is 0.168 e. The summed E-state index contributed by atoms with van der Waals surface area (Å²) in [6, 6.07) is 7.14. The van der Waals surface area contributed by atoms with Gasteiger partial charge in [0.1, 0.15) is 0 Å². The van der Waals surface area contributed by atoms with E-state index in [4.69, 9.17) is 9.47 Å². The average molecular weight is 473 g/mol. The van der Waals surface area contributed by atoms with Crippen LogP contribution in [-0.4, -0.2) is 13.2 Å². The number of unbranched alkanes of at least 4 members (excludes halogenated alkanes) is 10. The monoisotopic (exact) mass is 472 g/mol. The van der Waals surface area contributed by atoms with E-state index in [1.54, 1.807) is 12.1 Å². The van der Waals surface area contributed by atoms with Crippen LogP contribution in [0, 0.1) is 11.6 Å². The fraction of sp³-hybridized carbons (Fsp3) is 0.600. The van der Waals surface area contributed by atoms with Gasteiger partial charge in [-0.25, -0.2) is 8.78 Å². The number of ether oxygens (including phenoxy) is 2. The number of halogens is 2. The van der Waals surface area contributed by atoms with E-state index < -0.39 is 0 Å². The van der Waals surface area contributed by atoms with Gasteiger partial charge in [-0.2, -0.15) is 0 Å². The molecule has 0 heterocycles. The molecule has 0 bridgehead atoms. The van der Waals surface area contributed by atoms with E-state index in [-0.39, 0.29) is 11.6 Å². The van der Waals surface area contributed by atoms with Crippen LogP contribution in [0.15, 0.2) is 24.3 Å². The van der Waals surface area contributed by atoms with Crippen molar-refractivity contribution < 1.29 is 18.3 Å². The molecule has 2 aromatic carbocycles. The summed E-state index contributed by atoms with van der Waals surface area (Å²) in [6.45, 7) is 5.46. The second-order valence-electron chi connectivity index (χ2n) is 9.54. The Morgan fingerprint density at radius 3 is 1.38 bits per heavy atom. The zero-order valence-corrected chi connectivity index (χ0v) is 21.2. The molecule has 4 heteroatoms. The highest BCUT2D eigenvalue weighted by atomic mass is 19.1. The van der Waals surface area contributed by atoms with Crippen molar-refractivity contribution in [2.45, 2.75) is 104 Å². The molecular formula is C30H42F2O2. The first kappa shape index (κ1) is 26.5. The van der Waals surface area contributed by atoms with Crippen LogP contribution in [0.3, 0.4) is 0 Å². The quantitative estimate of drug-likeness (QED) is 0.227. The molecule has 188 valence electrons. The Morgan fingerprint density at radius 1 is 0.559 bits per heavy atom. The van der Waals surface area contributed by atoms with Gasteiger partial charge >= 0.3 is 0 Å². The molecule has 2 aromatic rings. The van der Waals surface area contributed by atoms with Gasteiger partial charge in [-0.05, 0) is 60.1 Å². The first-order valence-corrected chi connectivity index (χ1v) is 13.6. The molecule has 0 saturated carbocycles. The number of hydrogen-bond acceptors (Lipinski definition) is 2. The minimum atomic E-state index is -0.297. The van der Waals surface area contributed by atoms with Crippen LogP contribution in [-0.2, 0) is 12.8 Å². The average Bonchev–Trinajstić information content (AvgIpc) is 2.85. The molecule has 2 nitrogen and oxygen atoms in total. The van der Waals surface area contributed by atoms with E-state index in [9.17, 15) is 0 Å². The molecule has 3 rings (SSSR count). The number of fused-ring (bicyclic) bond motifs is 3. The summed E-state index contributed by atoms with van der Waals surface area (Å²) in [5.74, 6) is 0.0376. The molecule has 0 radical (unpaired) electrons. The highest BCUT2D eigenvalue weighted by Crippen LogP contribution is 2.40. The maximum Gasteiger partial charge on any atom is 0.168 e. The molecule has 0 aromatic heterocycles.